The van der Waals surface area contributed by atoms with Crippen LogP contribution in [0.4, 0.5) is 5.69 Å². The fourth-order valence-corrected chi connectivity index (χ4v) is 3.40. The van der Waals surface area contributed by atoms with Crippen molar-refractivity contribution < 1.29 is 13.2 Å². The van der Waals surface area contributed by atoms with Gasteiger partial charge in [-0.25, -0.2) is 8.42 Å². The summed E-state index contributed by atoms with van der Waals surface area (Å²) in [6, 6.07) is 7.37. The molecule has 0 aliphatic heterocycles. The van der Waals surface area contributed by atoms with Crippen LogP contribution in [0.2, 0.25) is 0 Å². The predicted molar refractivity (Wildman–Crippen MR) is 90.6 cm³/mol. The van der Waals surface area contributed by atoms with Gasteiger partial charge in [0.25, 0.3) is 0 Å². The molecule has 0 radical (unpaired) electrons. The number of benzene rings is 1. The number of nitrogens with zero attached hydrogens (tertiary/aromatic N) is 2. The SMILES string of the molecule is CC(C(=O)N(C)C)S(=O)(=O)N(C)c1ccc(C(C)(C)C)cc1. The molecule has 0 aromatic heterocycles. The molecule has 1 atom stereocenters. The summed E-state index contributed by atoms with van der Waals surface area (Å²) in [5, 5.41) is -1.12. The number of carbonyl (C=O) groups excluding carboxylic acids is 1. The molecule has 1 unspecified atom stereocenters. The van der Waals surface area contributed by atoms with E-state index in [1.807, 2.05) is 12.1 Å². The van der Waals surface area contributed by atoms with Gasteiger partial charge in [0.05, 0.1) is 5.69 Å². The minimum absolute atomic E-state index is 0.00412. The first-order chi connectivity index (χ1) is 9.89. The lowest BCUT2D eigenvalue weighted by atomic mass is 9.87. The number of amides is 1. The zero-order valence-corrected chi connectivity index (χ0v) is 15.2. The largest absolute Gasteiger partial charge is 0.348 e. The van der Waals surface area contributed by atoms with Gasteiger partial charge < -0.3 is 4.90 Å². The third-order valence-electron chi connectivity index (χ3n) is 3.71. The highest BCUT2D eigenvalue weighted by Crippen LogP contribution is 2.26. The van der Waals surface area contributed by atoms with Crippen molar-refractivity contribution in [1.29, 1.82) is 0 Å². The average molecular weight is 326 g/mol. The quantitative estimate of drug-likeness (QED) is 0.852. The maximum atomic E-state index is 12.5. The monoisotopic (exact) mass is 326 g/mol. The molecule has 6 heteroatoms. The van der Waals surface area contributed by atoms with Gasteiger partial charge >= 0.3 is 0 Å². The number of rotatable bonds is 4. The van der Waals surface area contributed by atoms with Crippen LogP contribution in [0.15, 0.2) is 24.3 Å². The molecule has 0 saturated heterocycles. The van der Waals surface area contributed by atoms with Gasteiger partial charge in [-0.15, -0.1) is 0 Å². The summed E-state index contributed by atoms with van der Waals surface area (Å²) in [5.41, 5.74) is 1.68. The van der Waals surface area contributed by atoms with Gasteiger partial charge in [-0.1, -0.05) is 32.9 Å². The number of hydrogen-bond donors (Lipinski definition) is 0. The lowest BCUT2D eigenvalue weighted by Crippen LogP contribution is -2.43. The molecule has 1 aromatic rings. The highest BCUT2D eigenvalue weighted by Gasteiger charge is 2.33. The van der Waals surface area contributed by atoms with E-state index < -0.39 is 21.2 Å². The van der Waals surface area contributed by atoms with Crippen molar-refractivity contribution >= 4 is 21.6 Å². The van der Waals surface area contributed by atoms with Crippen LogP contribution in [0.3, 0.4) is 0 Å². The van der Waals surface area contributed by atoms with Gasteiger partial charge in [0.2, 0.25) is 15.9 Å². The molecule has 0 spiro atoms. The Balaban J connectivity index is 3.09. The van der Waals surface area contributed by atoms with Crippen LogP contribution in [-0.4, -0.2) is 45.6 Å². The van der Waals surface area contributed by atoms with Crippen LogP contribution in [0.1, 0.15) is 33.3 Å². The predicted octanol–water partition coefficient (Wildman–Crippen LogP) is 2.23. The third kappa shape index (κ3) is 3.80. The Labute approximate surface area is 134 Å². The maximum Gasteiger partial charge on any atom is 0.246 e. The number of carbonyl (C=O) groups is 1. The van der Waals surface area contributed by atoms with E-state index in [9.17, 15) is 13.2 Å². The van der Waals surface area contributed by atoms with Gasteiger partial charge in [0, 0.05) is 21.1 Å². The van der Waals surface area contributed by atoms with E-state index in [4.69, 9.17) is 0 Å². The minimum atomic E-state index is -3.74. The Kier molecular flexibility index (Phi) is 5.28. The minimum Gasteiger partial charge on any atom is -0.348 e. The fraction of sp³-hybridized carbons (Fsp3) is 0.562. The number of sulfonamides is 1. The van der Waals surface area contributed by atoms with Crippen LogP contribution in [0.5, 0.6) is 0 Å². The second-order valence-corrected chi connectivity index (χ2v) is 8.97. The van der Waals surface area contributed by atoms with E-state index in [1.165, 1.54) is 23.2 Å². The molecule has 0 N–H and O–H groups in total. The van der Waals surface area contributed by atoms with Crippen LogP contribution < -0.4 is 4.31 Å². The van der Waals surface area contributed by atoms with E-state index in [0.29, 0.717) is 5.69 Å². The molecule has 0 heterocycles. The zero-order valence-electron chi connectivity index (χ0n) is 14.4. The average Bonchev–Trinajstić information content (AvgIpc) is 2.43. The lowest BCUT2D eigenvalue weighted by molar-refractivity contribution is -0.127. The van der Waals surface area contributed by atoms with E-state index in [-0.39, 0.29) is 5.41 Å². The van der Waals surface area contributed by atoms with Crippen LogP contribution in [0, 0.1) is 0 Å². The summed E-state index contributed by atoms with van der Waals surface area (Å²) in [6.07, 6.45) is 0. The molecule has 0 aliphatic rings. The molecule has 5 nitrogen and oxygen atoms in total. The fourth-order valence-electron chi connectivity index (χ4n) is 2.05. The van der Waals surface area contributed by atoms with Crippen molar-refractivity contribution in [2.45, 2.75) is 38.4 Å². The number of hydrogen-bond acceptors (Lipinski definition) is 3. The van der Waals surface area contributed by atoms with Crippen LogP contribution in [0.25, 0.3) is 0 Å². The summed E-state index contributed by atoms with van der Waals surface area (Å²) in [5.74, 6) is -0.432. The third-order valence-corrected chi connectivity index (χ3v) is 5.78. The van der Waals surface area contributed by atoms with Crippen LogP contribution >= 0.6 is 0 Å². The molecule has 124 valence electrons. The first-order valence-corrected chi connectivity index (χ1v) is 8.69. The molecule has 0 bridgehead atoms. The van der Waals surface area contributed by atoms with Gasteiger partial charge in [0.1, 0.15) is 0 Å². The zero-order chi connectivity index (χ0) is 17.3. The highest BCUT2D eigenvalue weighted by atomic mass is 32.2. The molecule has 1 aromatic carbocycles. The van der Waals surface area contributed by atoms with Crippen molar-refractivity contribution in [3.8, 4) is 0 Å². The van der Waals surface area contributed by atoms with E-state index in [0.717, 1.165) is 5.56 Å². The van der Waals surface area contributed by atoms with Crippen molar-refractivity contribution in [2.75, 3.05) is 25.4 Å². The summed E-state index contributed by atoms with van der Waals surface area (Å²) >= 11 is 0. The van der Waals surface area contributed by atoms with E-state index >= 15 is 0 Å². The normalized spacial score (nSPS) is 13.6. The summed E-state index contributed by atoms with van der Waals surface area (Å²) < 4.78 is 26.2. The molecule has 0 fully saturated rings. The Morgan fingerprint density at radius 2 is 1.50 bits per heavy atom. The second-order valence-electron chi connectivity index (χ2n) is 6.68. The van der Waals surface area contributed by atoms with E-state index in [2.05, 4.69) is 20.8 Å². The van der Waals surface area contributed by atoms with Gasteiger partial charge in [0.15, 0.2) is 5.25 Å². The number of anilines is 1. The summed E-state index contributed by atoms with van der Waals surface area (Å²) in [4.78, 5) is 13.2. The Hall–Kier alpha value is -1.56. The highest BCUT2D eigenvalue weighted by molar-refractivity contribution is 7.94. The topological polar surface area (TPSA) is 57.7 Å². The summed E-state index contributed by atoms with van der Waals surface area (Å²) in [6.45, 7) is 7.71. The maximum absolute atomic E-state index is 12.5. The molecule has 22 heavy (non-hydrogen) atoms. The molecular weight excluding hydrogens is 300 g/mol. The van der Waals surface area contributed by atoms with Gasteiger partial charge in [-0.3, -0.25) is 9.10 Å². The molecule has 1 amide bonds. The Morgan fingerprint density at radius 1 is 1.05 bits per heavy atom. The summed E-state index contributed by atoms with van der Waals surface area (Å²) in [7, 11) is 0.827. The molecular formula is C16H26N2O3S. The van der Waals surface area contributed by atoms with Crippen molar-refractivity contribution in [2.24, 2.45) is 0 Å². The standard InChI is InChI=1S/C16H26N2O3S/c1-12(15(19)17(5)6)22(20,21)18(7)14-10-8-13(9-11-14)16(2,3)4/h8-12H,1-7H3. The van der Waals surface area contributed by atoms with Gasteiger partial charge in [-0.05, 0) is 30.0 Å². The van der Waals surface area contributed by atoms with Crippen molar-refractivity contribution in [1.82, 2.24) is 4.90 Å². The van der Waals surface area contributed by atoms with Crippen molar-refractivity contribution in [3.05, 3.63) is 29.8 Å². The van der Waals surface area contributed by atoms with Crippen LogP contribution in [-0.2, 0) is 20.2 Å². The van der Waals surface area contributed by atoms with Crippen molar-refractivity contribution in [3.63, 3.8) is 0 Å². The molecule has 1 rings (SSSR count). The Bertz CT molecular complexity index is 628. The molecule has 0 aliphatic carbocycles. The smallest absolute Gasteiger partial charge is 0.246 e. The molecule has 0 saturated carbocycles. The first kappa shape index (κ1) is 18.5. The Morgan fingerprint density at radius 3 is 1.86 bits per heavy atom. The first-order valence-electron chi connectivity index (χ1n) is 7.18. The van der Waals surface area contributed by atoms with E-state index in [1.54, 1.807) is 26.2 Å². The van der Waals surface area contributed by atoms with Gasteiger partial charge in [-0.2, -0.15) is 0 Å². The second kappa shape index (κ2) is 6.28. The lowest BCUT2D eigenvalue weighted by Gasteiger charge is -2.26.